The van der Waals surface area contributed by atoms with Crippen molar-refractivity contribution in [2.45, 2.75) is 32.2 Å². The summed E-state index contributed by atoms with van der Waals surface area (Å²) in [6.45, 7) is 3.11. The number of benzene rings is 1. The lowest BCUT2D eigenvalue weighted by Crippen LogP contribution is -2.36. The van der Waals surface area contributed by atoms with E-state index in [0.29, 0.717) is 0 Å². The Morgan fingerprint density at radius 3 is 2.69 bits per heavy atom. The van der Waals surface area contributed by atoms with E-state index in [-0.39, 0.29) is 19.0 Å². The highest BCUT2D eigenvalue weighted by Crippen LogP contribution is 2.45. The summed E-state index contributed by atoms with van der Waals surface area (Å²) >= 11 is 0. The number of para-hydroxylation sites is 1. The smallest absolute Gasteiger partial charge is 0.459 e. The van der Waals surface area contributed by atoms with Crippen molar-refractivity contribution in [3.8, 4) is 5.75 Å². The molecule has 2 N–H and O–H groups in total. The molecule has 0 amide bonds. The van der Waals surface area contributed by atoms with Gasteiger partial charge >= 0.3 is 19.4 Å². The molecular formula is C20H24N3O8P. The minimum absolute atomic E-state index is 0.168. The zero-order chi connectivity index (χ0) is 23.1. The molecule has 1 aromatic carbocycles. The predicted octanol–water partition coefficient (Wildman–Crippen LogP) is 1.74. The van der Waals surface area contributed by atoms with E-state index < -0.39 is 43.3 Å². The van der Waals surface area contributed by atoms with Crippen molar-refractivity contribution < 1.29 is 27.9 Å². The van der Waals surface area contributed by atoms with Crippen molar-refractivity contribution in [2.24, 2.45) is 0 Å². The van der Waals surface area contributed by atoms with Crippen molar-refractivity contribution >= 4 is 13.7 Å². The predicted molar refractivity (Wildman–Crippen MR) is 114 cm³/mol. The number of aromatic amines is 1. The summed E-state index contributed by atoms with van der Waals surface area (Å²) in [6.07, 6.45) is 3.11. The lowest BCUT2D eigenvalue weighted by atomic mass is 10.3. The van der Waals surface area contributed by atoms with E-state index >= 15 is 0 Å². The fourth-order valence-electron chi connectivity index (χ4n) is 2.81. The monoisotopic (exact) mass is 465 g/mol. The number of ether oxygens (including phenoxy) is 2. The number of H-pyrrole nitrogens is 1. The molecule has 3 rings (SSSR count). The summed E-state index contributed by atoms with van der Waals surface area (Å²) in [5, 5.41) is 2.57. The number of nitrogens with one attached hydrogen (secondary N) is 2. The lowest BCUT2D eigenvalue weighted by Gasteiger charge is -2.24. The Hall–Kier alpha value is -2.98. The van der Waals surface area contributed by atoms with Crippen LogP contribution >= 0.6 is 7.75 Å². The Kier molecular flexibility index (Phi) is 7.81. The van der Waals surface area contributed by atoms with Crippen molar-refractivity contribution in [1.82, 2.24) is 14.6 Å². The molecule has 1 aliphatic rings. The van der Waals surface area contributed by atoms with Crippen molar-refractivity contribution in [2.75, 3.05) is 13.2 Å². The summed E-state index contributed by atoms with van der Waals surface area (Å²) in [6, 6.07) is 8.59. The average Bonchev–Trinajstić information content (AvgIpc) is 3.22. The van der Waals surface area contributed by atoms with Crippen molar-refractivity contribution in [3.05, 3.63) is 75.6 Å². The van der Waals surface area contributed by atoms with Crippen LogP contribution in [0.3, 0.4) is 0 Å². The van der Waals surface area contributed by atoms with Crippen LogP contribution in [0.25, 0.3) is 0 Å². The number of rotatable bonds is 10. The second kappa shape index (κ2) is 10.6. The van der Waals surface area contributed by atoms with E-state index in [1.165, 1.54) is 23.8 Å². The number of hydrogen-bond acceptors (Lipinski definition) is 8. The van der Waals surface area contributed by atoms with Gasteiger partial charge in [0.15, 0.2) is 6.23 Å². The zero-order valence-electron chi connectivity index (χ0n) is 17.5. The van der Waals surface area contributed by atoms with Gasteiger partial charge in [-0.25, -0.2) is 9.36 Å². The maximum absolute atomic E-state index is 13.4. The molecule has 172 valence electrons. The van der Waals surface area contributed by atoms with Crippen LogP contribution in [0.1, 0.15) is 20.1 Å². The van der Waals surface area contributed by atoms with Gasteiger partial charge in [0.1, 0.15) is 17.9 Å². The molecule has 12 heteroatoms. The number of aromatic nitrogens is 2. The number of hydrogen-bond donors (Lipinski definition) is 2. The van der Waals surface area contributed by atoms with Gasteiger partial charge in [-0.15, -0.1) is 0 Å². The Morgan fingerprint density at radius 2 is 2.00 bits per heavy atom. The van der Waals surface area contributed by atoms with Crippen LogP contribution in [0.2, 0.25) is 0 Å². The first-order valence-electron chi connectivity index (χ1n) is 9.88. The van der Waals surface area contributed by atoms with E-state index in [0.717, 1.165) is 0 Å². The highest BCUT2D eigenvalue weighted by molar-refractivity contribution is 7.52. The highest BCUT2D eigenvalue weighted by atomic mass is 31.2. The number of esters is 1. The molecule has 2 aromatic rings. The number of carbonyl (C=O) groups excluding carboxylic acids is 1. The minimum Gasteiger partial charge on any atom is -0.465 e. The molecule has 11 nitrogen and oxygen atoms in total. The Balaban J connectivity index is 1.67. The summed E-state index contributed by atoms with van der Waals surface area (Å²) in [5.74, 6) is -0.331. The van der Waals surface area contributed by atoms with Crippen LogP contribution in [-0.4, -0.2) is 40.9 Å². The van der Waals surface area contributed by atoms with Crippen LogP contribution in [0.4, 0.5) is 0 Å². The van der Waals surface area contributed by atoms with Gasteiger partial charge in [-0.05, 0) is 32.1 Å². The first-order chi connectivity index (χ1) is 15.3. The summed E-state index contributed by atoms with van der Waals surface area (Å²) in [7, 11) is -4.02. The maximum Gasteiger partial charge on any atom is 0.459 e. The molecule has 2 heterocycles. The quantitative estimate of drug-likeness (QED) is 0.305. The SMILES string of the molecule is CCOC(=O)[C@H](C)NP(=O)(OC[C@@H]1C=C[C@H](n2ccc(=O)[nH]c2=O)O1)Oc1ccccc1. The Labute approximate surface area is 183 Å². The van der Waals surface area contributed by atoms with Gasteiger partial charge in [0.25, 0.3) is 5.56 Å². The van der Waals surface area contributed by atoms with Crippen molar-refractivity contribution in [3.63, 3.8) is 0 Å². The van der Waals surface area contributed by atoms with E-state index in [1.54, 1.807) is 49.4 Å². The van der Waals surface area contributed by atoms with Crippen LogP contribution in [0.15, 0.2) is 64.3 Å². The number of carbonyl (C=O) groups is 1. The van der Waals surface area contributed by atoms with Crippen LogP contribution in [-0.2, 0) is 23.4 Å². The van der Waals surface area contributed by atoms with Gasteiger partial charge < -0.3 is 14.0 Å². The average molecular weight is 465 g/mol. The minimum atomic E-state index is -4.02. The molecule has 0 bridgehead atoms. The molecule has 4 atom stereocenters. The molecule has 0 radical (unpaired) electrons. The Bertz CT molecular complexity index is 1110. The summed E-state index contributed by atoms with van der Waals surface area (Å²) < 4.78 is 36.3. The van der Waals surface area contributed by atoms with E-state index in [9.17, 15) is 18.9 Å². The molecule has 0 fully saturated rings. The lowest BCUT2D eigenvalue weighted by molar-refractivity contribution is -0.144. The third kappa shape index (κ3) is 6.27. The zero-order valence-corrected chi connectivity index (χ0v) is 18.4. The van der Waals surface area contributed by atoms with Gasteiger partial charge in [-0.2, -0.15) is 5.09 Å². The second-order valence-corrected chi connectivity index (χ2v) is 8.46. The van der Waals surface area contributed by atoms with Crippen LogP contribution < -0.4 is 20.9 Å². The first kappa shape index (κ1) is 23.7. The second-order valence-electron chi connectivity index (χ2n) is 6.77. The Morgan fingerprint density at radius 1 is 1.25 bits per heavy atom. The highest BCUT2D eigenvalue weighted by Gasteiger charge is 2.34. The normalized spacial score (nSPS) is 20.4. The summed E-state index contributed by atoms with van der Waals surface area (Å²) in [5.41, 5.74) is -1.15. The van der Waals surface area contributed by atoms with Gasteiger partial charge in [0, 0.05) is 12.3 Å². The summed E-state index contributed by atoms with van der Waals surface area (Å²) in [4.78, 5) is 37.3. The molecule has 0 aliphatic carbocycles. The maximum atomic E-state index is 13.4. The van der Waals surface area contributed by atoms with E-state index in [1.807, 2.05) is 0 Å². The molecule has 0 spiro atoms. The molecule has 1 unspecified atom stereocenters. The largest absolute Gasteiger partial charge is 0.465 e. The van der Waals surface area contributed by atoms with Crippen molar-refractivity contribution in [1.29, 1.82) is 0 Å². The molecule has 0 saturated carbocycles. The van der Waals surface area contributed by atoms with E-state index in [2.05, 4.69) is 10.1 Å². The van der Waals surface area contributed by atoms with Gasteiger partial charge in [0.2, 0.25) is 0 Å². The topological polar surface area (TPSA) is 138 Å². The standard InChI is InChI=1S/C20H24N3O8P/c1-3-28-19(25)14(2)22-32(27,31-15-7-5-4-6-8-15)29-13-16-9-10-18(30-16)23-12-11-17(24)21-20(23)26/h4-12,14,16,18H,3,13H2,1-2H3,(H,22,27)(H,21,24,26)/t14-,16-,18+,32?/m0/s1. The fourth-order valence-corrected chi connectivity index (χ4v) is 4.31. The molecule has 32 heavy (non-hydrogen) atoms. The van der Waals surface area contributed by atoms with Crippen LogP contribution in [0, 0.1) is 0 Å². The molecule has 1 aliphatic heterocycles. The third-order valence-electron chi connectivity index (χ3n) is 4.30. The van der Waals surface area contributed by atoms with Gasteiger partial charge in [-0.3, -0.25) is 23.7 Å². The third-order valence-corrected chi connectivity index (χ3v) is 5.94. The molecular weight excluding hydrogens is 441 g/mol. The molecule has 0 saturated heterocycles. The molecule has 1 aromatic heterocycles. The fraction of sp³-hybridized carbons (Fsp3) is 0.350. The number of nitrogens with zero attached hydrogens (tertiary/aromatic N) is 1. The first-order valence-corrected chi connectivity index (χ1v) is 11.4. The van der Waals surface area contributed by atoms with Gasteiger partial charge in [-0.1, -0.05) is 24.3 Å². The van der Waals surface area contributed by atoms with Crippen LogP contribution in [0.5, 0.6) is 5.75 Å². The van der Waals surface area contributed by atoms with E-state index in [4.69, 9.17) is 18.5 Å². The van der Waals surface area contributed by atoms with Gasteiger partial charge in [0.05, 0.1) is 13.2 Å².